The van der Waals surface area contributed by atoms with Crippen LogP contribution in [0.2, 0.25) is 0 Å². The van der Waals surface area contributed by atoms with Gasteiger partial charge >= 0.3 is 6.09 Å². The Hall–Kier alpha value is -1.74. The molecule has 0 spiro atoms. The molecule has 1 heterocycles. The van der Waals surface area contributed by atoms with Gasteiger partial charge in [0, 0.05) is 26.2 Å². The summed E-state index contributed by atoms with van der Waals surface area (Å²) in [5, 5.41) is 2.84. The normalized spacial score (nSPS) is 15.3. The number of amides is 2. The first-order valence-electron chi connectivity index (χ1n) is 5.44. The van der Waals surface area contributed by atoms with Crippen LogP contribution in [-0.2, 0) is 9.53 Å². The maximum absolute atomic E-state index is 11.7. The number of carbonyl (C=O) groups is 2. The van der Waals surface area contributed by atoms with Gasteiger partial charge in [-0.1, -0.05) is 5.92 Å². The summed E-state index contributed by atoms with van der Waals surface area (Å²) < 4.78 is 4.61. The summed E-state index contributed by atoms with van der Waals surface area (Å²) in [7, 11) is 1.35. The van der Waals surface area contributed by atoms with Gasteiger partial charge in [-0.3, -0.25) is 10.1 Å². The van der Waals surface area contributed by atoms with Gasteiger partial charge in [0.15, 0.2) is 0 Å². The molecule has 0 aromatic heterocycles. The average Bonchev–Trinajstić information content (AvgIpc) is 2.38. The van der Waals surface area contributed by atoms with Gasteiger partial charge in [0.05, 0.1) is 20.2 Å². The van der Waals surface area contributed by atoms with Crippen molar-refractivity contribution in [1.29, 1.82) is 0 Å². The quantitative estimate of drug-likeness (QED) is 0.513. The first-order chi connectivity index (χ1) is 8.19. The second-order valence-corrected chi connectivity index (χ2v) is 3.65. The van der Waals surface area contributed by atoms with E-state index in [1.165, 1.54) is 7.11 Å². The zero-order valence-corrected chi connectivity index (χ0v) is 9.94. The number of hydrogen-bond acceptors (Lipinski definition) is 4. The van der Waals surface area contributed by atoms with E-state index in [0.29, 0.717) is 32.7 Å². The van der Waals surface area contributed by atoms with Gasteiger partial charge in [0.25, 0.3) is 0 Å². The van der Waals surface area contributed by atoms with Crippen molar-refractivity contribution in [3.8, 4) is 12.3 Å². The lowest BCUT2D eigenvalue weighted by Crippen LogP contribution is -2.52. The molecule has 0 bridgehead atoms. The van der Waals surface area contributed by atoms with E-state index in [1.807, 2.05) is 0 Å². The third-order valence-electron chi connectivity index (χ3n) is 2.57. The molecule has 1 aliphatic heterocycles. The Morgan fingerprint density at radius 1 is 1.29 bits per heavy atom. The van der Waals surface area contributed by atoms with Gasteiger partial charge in [0.2, 0.25) is 5.91 Å². The van der Waals surface area contributed by atoms with E-state index in [0.717, 1.165) is 0 Å². The van der Waals surface area contributed by atoms with Crippen molar-refractivity contribution in [3.63, 3.8) is 0 Å². The molecule has 1 fully saturated rings. The molecule has 6 nitrogen and oxygen atoms in total. The van der Waals surface area contributed by atoms with Crippen LogP contribution < -0.4 is 5.32 Å². The number of nitrogens with zero attached hydrogens (tertiary/aromatic N) is 2. The highest BCUT2D eigenvalue weighted by Gasteiger charge is 2.23. The van der Waals surface area contributed by atoms with Crippen LogP contribution in [0.4, 0.5) is 4.79 Å². The smallest absolute Gasteiger partial charge is 0.409 e. The molecule has 0 aromatic carbocycles. The van der Waals surface area contributed by atoms with Gasteiger partial charge in [-0.25, -0.2) is 4.79 Å². The molecule has 0 aliphatic carbocycles. The Balaban J connectivity index is 2.29. The van der Waals surface area contributed by atoms with Crippen LogP contribution in [0, 0.1) is 12.3 Å². The van der Waals surface area contributed by atoms with Crippen molar-refractivity contribution in [2.75, 3.05) is 46.4 Å². The third-order valence-corrected chi connectivity index (χ3v) is 2.57. The predicted molar refractivity (Wildman–Crippen MR) is 62.3 cm³/mol. The largest absolute Gasteiger partial charge is 0.453 e. The fourth-order valence-electron chi connectivity index (χ4n) is 1.62. The molecular weight excluding hydrogens is 222 g/mol. The highest BCUT2D eigenvalue weighted by atomic mass is 16.5. The van der Waals surface area contributed by atoms with E-state index in [9.17, 15) is 9.59 Å². The molecule has 1 rings (SSSR count). The Morgan fingerprint density at radius 2 is 1.88 bits per heavy atom. The molecule has 6 heteroatoms. The van der Waals surface area contributed by atoms with E-state index < -0.39 is 0 Å². The minimum atomic E-state index is -0.345. The van der Waals surface area contributed by atoms with Crippen LogP contribution in [0.1, 0.15) is 0 Å². The van der Waals surface area contributed by atoms with E-state index in [2.05, 4.69) is 16.0 Å². The van der Waals surface area contributed by atoms with Crippen LogP contribution in [0.5, 0.6) is 0 Å². The molecule has 17 heavy (non-hydrogen) atoms. The number of terminal acetylenes is 1. The number of ether oxygens (including phenoxy) is 1. The molecule has 1 saturated heterocycles. The van der Waals surface area contributed by atoms with Crippen LogP contribution in [0.25, 0.3) is 0 Å². The van der Waals surface area contributed by atoms with Crippen molar-refractivity contribution in [3.05, 3.63) is 0 Å². The highest BCUT2D eigenvalue weighted by Crippen LogP contribution is 2.03. The first kappa shape index (κ1) is 13.3. The Bertz CT molecular complexity index is 316. The summed E-state index contributed by atoms with van der Waals surface area (Å²) in [4.78, 5) is 26.2. The summed E-state index contributed by atoms with van der Waals surface area (Å²) in [5.41, 5.74) is 0. The molecule has 0 saturated carbocycles. The average molecular weight is 239 g/mol. The third kappa shape index (κ3) is 3.96. The summed E-state index contributed by atoms with van der Waals surface area (Å²) in [6.45, 7) is 2.70. The second-order valence-electron chi connectivity index (χ2n) is 3.65. The Morgan fingerprint density at radius 3 is 2.41 bits per heavy atom. The van der Waals surface area contributed by atoms with Crippen LogP contribution in [0.3, 0.4) is 0 Å². The number of rotatable bonds is 3. The SMILES string of the molecule is C#CCNCC(=O)N1CCN(C(=O)OC)CC1. The maximum Gasteiger partial charge on any atom is 0.409 e. The maximum atomic E-state index is 11.7. The zero-order valence-electron chi connectivity index (χ0n) is 9.94. The van der Waals surface area contributed by atoms with Crippen molar-refractivity contribution in [2.24, 2.45) is 0 Å². The molecule has 2 amide bonds. The standard InChI is InChI=1S/C11H17N3O3/c1-3-4-12-9-10(15)13-5-7-14(8-6-13)11(16)17-2/h1,12H,4-9H2,2H3. The van der Waals surface area contributed by atoms with Gasteiger partial charge in [-0.2, -0.15) is 0 Å². The van der Waals surface area contributed by atoms with E-state index in [4.69, 9.17) is 6.42 Å². The lowest BCUT2D eigenvalue weighted by atomic mass is 10.3. The lowest BCUT2D eigenvalue weighted by molar-refractivity contribution is -0.131. The number of carbonyl (C=O) groups excluding carboxylic acids is 2. The summed E-state index contributed by atoms with van der Waals surface area (Å²) in [6.07, 6.45) is 4.72. The summed E-state index contributed by atoms with van der Waals surface area (Å²) in [5.74, 6) is 2.41. The predicted octanol–water partition coefficient (Wildman–Crippen LogP) is -0.880. The van der Waals surface area contributed by atoms with E-state index in [-0.39, 0.29) is 18.5 Å². The molecule has 0 radical (unpaired) electrons. The molecule has 1 aliphatic rings. The molecule has 1 N–H and O–H groups in total. The van der Waals surface area contributed by atoms with Gasteiger partial charge in [-0.15, -0.1) is 6.42 Å². The summed E-state index contributed by atoms with van der Waals surface area (Å²) in [6, 6.07) is 0. The number of hydrogen-bond donors (Lipinski definition) is 1. The van der Waals surface area contributed by atoms with Gasteiger partial charge in [0.1, 0.15) is 0 Å². The Kier molecular flexibility index (Phi) is 5.30. The summed E-state index contributed by atoms with van der Waals surface area (Å²) >= 11 is 0. The lowest BCUT2D eigenvalue weighted by Gasteiger charge is -2.33. The highest BCUT2D eigenvalue weighted by molar-refractivity contribution is 5.78. The second kappa shape index (κ2) is 6.76. The number of nitrogens with one attached hydrogen (secondary N) is 1. The minimum Gasteiger partial charge on any atom is -0.453 e. The number of piperazine rings is 1. The zero-order chi connectivity index (χ0) is 12.7. The molecule has 0 aromatic rings. The van der Waals surface area contributed by atoms with E-state index >= 15 is 0 Å². The van der Waals surface area contributed by atoms with Crippen LogP contribution in [-0.4, -0.2) is 68.2 Å². The van der Waals surface area contributed by atoms with E-state index in [1.54, 1.807) is 9.80 Å². The van der Waals surface area contributed by atoms with Gasteiger partial charge < -0.3 is 14.5 Å². The van der Waals surface area contributed by atoms with Crippen molar-refractivity contribution in [1.82, 2.24) is 15.1 Å². The number of methoxy groups -OCH3 is 1. The molecule has 0 atom stereocenters. The minimum absolute atomic E-state index is 0.00441. The molecule has 0 unspecified atom stereocenters. The fraction of sp³-hybridized carbons (Fsp3) is 0.636. The van der Waals surface area contributed by atoms with Crippen molar-refractivity contribution in [2.45, 2.75) is 0 Å². The molecular formula is C11H17N3O3. The monoisotopic (exact) mass is 239 g/mol. The van der Waals surface area contributed by atoms with Crippen molar-refractivity contribution < 1.29 is 14.3 Å². The topological polar surface area (TPSA) is 61.9 Å². The molecule has 94 valence electrons. The fourth-order valence-corrected chi connectivity index (χ4v) is 1.62. The first-order valence-corrected chi connectivity index (χ1v) is 5.44. The van der Waals surface area contributed by atoms with Crippen LogP contribution in [0.15, 0.2) is 0 Å². The van der Waals surface area contributed by atoms with Gasteiger partial charge in [-0.05, 0) is 0 Å². The van der Waals surface area contributed by atoms with Crippen LogP contribution >= 0.6 is 0 Å². The Labute approximate surface area is 101 Å². The van der Waals surface area contributed by atoms with Crippen molar-refractivity contribution >= 4 is 12.0 Å².